The third-order valence-corrected chi connectivity index (χ3v) is 4.88. The highest BCUT2D eigenvalue weighted by Crippen LogP contribution is 2.28. The minimum atomic E-state index is -3.68. The summed E-state index contributed by atoms with van der Waals surface area (Å²) in [5.41, 5.74) is 0.108. The Kier molecular flexibility index (Phi) is 6.06. The van der Waals surface area contributed by atoms with Crippen LogP contribution in [0.2, 0.25) is 0 Å². The molecule has 1 aromatic rings. The van der Waals surface area contributed by atoms with E-state index in [1.807, 2.05) is 0 Å². The molecule has 1 fully saturated rings. The molecule has 1 saturated heterocycles. The fourth-order valence-corrected chi connectivity index (χ4v) is 3.82. The van der Waals surface area contributed by atoms with Crippen LogP contribution in [-0.2, 0) is 14.8 Å². The van der Waals surface area contributed by atoms with Gasteiger partial charge in [0.25, 0.3) is 0 Å². The molecule has 8 heteroatoms. The molecule has 0 amide bonds. The standard InChI is InChI=1S/C16H23NO6S/c1-11(2)23-15-7-6-12(16(18)19)9-14(15)17-24(20,21)10-13-5-3-4-8-22-13/h6-7,9,11,13,17H,3-5,8,10H2,1-2H3,(H,18,19). The second-order valence-electron chi connectivity index (χ2n) is 6.05. The van der Waals surface area contributed by atoms with Crippen molar-refractivity contribution in [1.82, 2.24) is 0 Å². The van der Waals surface area contributed by atoms with Crippen molar-refractivity contribution in [3.8, 4) is 5.75 Å². The fourth-order valence-electron chi connectivity index (χ4n) is 2.49. The van der Waals surface area contributed by atoms with Crippen LogP contribution in [0.15, 0.2) is 18.2 Å². The molecule has 0 radical (unpaired) electrons. The van der Waals surface area contributed by atoms with E-state index in [-0.39, 0.29) is 29.2 Å². The van der Waals surface area contributed by atoms with E-state index in [0.29, 0.717) is 18.8 Å². The van der Waals surface area contributed by atoms with Gasteiger partial charge < -0.3 is 14.6 Å². The average Bonchev–Trinajstić information content (AvgIpc) is 2.48. The summed E-state index contributed by atoms with van der Waals surface area (Å²) < 4.78 is 38.3. The number of hydrogen-bond donors (Lipinski definition) is 2. The number of hydrogen-bond acceptors (Lipinski definition) is 5. The van der Waals surface area contributed by atoms with Crippen LogP contribution in [0.4, 0.5) is 5.69 Å². The first kappa shape index (κ1) is 18.5. The zero-order valence-electron chi connectivity index (χ0n) is 13.8. The van der Waals surface area contributed by atoms with Gasteiger partial charge in [-0.2, -0.15) is 0 Å². The minimum Gasteiger partial charge on any atom is -0.489 e. The Balaban J connectivity index is 2.21. The maximum atomic E-state index is 12.4. The topological polar surface area (TPSA) is 102 Å². The number of carboxylic acid groups (broad SMARTS) is 1. The highest BCUT2D eigenvalue weighted by Gasteiger charge is 2.23. The zero-order chi connectivity index (χ0) is 17.7. The van der Waals surface area contributed by atoms with E-state index in [4.69, 9.17) is 14.6 Å². The summed E-state index contributed by atoms with van der Waals surface area (Å²) >= 11 is 0. The SMILES string of the molecule is CC(C)Oc1ccc(C(=O)O)cc1NS(=O)(=O)CC1CCCCO1. The van der Waals surface area contributed by atoms with E-state index in [0.717, 1.165) is 12.8 Å². The van der Waals surface area contributed by atoms with Crippen LogP contribution in [0, 0.1) is 0 Å². The molecule has 1 atom stereocenters. The van der Waals surface area contributed by atoms with Crippen molar-refractivity contribution in [3.63, 3.8) is 0 Å². The molecular formula is C16H23NO6S. The van der Waals surface area contributed by atoms with Crippen LogP contribution in [0.5, 0.6) is 5.75 Å². The lowest BCUT2D eigenvalue weighted by Crippen LogP contribution is -2.31. The summed E-state index contributed by atoms with van der Waals surface area (Å²) in [5, 5.41) is 9.10. The van der Waals surface area contributed by atoms with Gasteiger partial charge in [-0.15, -0.1) is 0 Å². The van der Waals surface area contributed by atoms with Crippen LogP contribution in [-0.4, -0.2) is 44.1 Å². The number of carboxylic acids is 1. The van der Waals surface area contributed by atoms with Crippen LogP contribution < -0.4 is 9.46 Å². The number of rotatable bonds is 7. The minimum absolute atomic E-state index is 0.0160. The van der Waals surface area contributed by atoms with E-state index in [1.165, 1.54) is 18.2 Å². The van der Waals surface area contributed by atoms with Crippen molar-refractivity contribution in [2.75, 3.05) is 17.1 Å². The number of sulfonamides is 1. The van der Waals surface area contributed by atoms with E-state index in [2.05, 4.69) is 4.72 Å². The first-order valence-electron chi connectivity index (χ1n) is 7.93. The van der Waals surface area contributed by atoms with Crippen molar-refractivity contribution in [2.45, 2.75) is 45.3 Å². The molecule has 1 aromatic carbocycles. The average molecular weight is 357 g/mol. The molecule has 0 bridgehead atoms. The molecule has 2 rings (SSSR count). The van der Waals surface area contributed by atoms with Gasteiger partial charge in [0.2, 0.25) is 10.0 Å². The van der Waals surface area contributed by atoms with E-state index >= 15 is 0 Å². The molecule has 7 nitrogen and oxygen atoms in total. The largest absolute Gasteiger partial charge is 0.489 e. The van der Waals surface area contributed by atoms with Crippen LogP contribution >= 0.6 is 0 Å². The van der Waals surface area contributed by atoms with Gasteiger partial charge in [0.15, 0.2) is 0 Å². The molecule has 1 aliphatic heterocycles. The second kappa shape index (κ2) is 7.85. The third-order valence-electron chi connectivity index (χ3n) is 3.53. The van der Waals surface area contributed by atoms with E-state index < -0.39 is 16.0 Å². The van der Waals surface area contributed by atoms with Crippen molar-refractivity contribution in [2.24, 2.45) is 0 Å². The van der Waals surface area contributed by atoms with Gasteiger partial charge in [-0.05, 0) is 51.3 Å². The maximum absolute atomic E-state index is 12.4. The lowest BCUT2D eigenvalue weighted by atomic mass is 10.1. The number of ether oxygens (including phenoxy) is 2. The summed E-state index contributed by atoms with van der Waals surface area (Å²) in [4.78, 5) is 11.1. The summed E-state index contributed by atoms with van der Waals surface area (Å²) in [5.74, 6) is -1.00. The number of benzene rings is 1. The molecule has 0 saturated carbocycles. The predicted octanol–water partition coefficient (Wildman–Crippen LogP) is 2.48. The van der Waals surface area contributed by atoms with E-state index in [9.17, 15) is 13.2 Å². The molecule has 1 heterocycles. The van der Waals surface area contributed by atoms with Gasteiger partial charge in [-0.25, -0.2) is 13.2 Å². The maximum Gasteiger partial charge on any atom is 0.335 e. The van der Waals surface area contributed by atoms with Crippen LogP contribution in [0.25, 0.3) is 0 Å². The predicted molar refractivity (Wildman–Crippen MR) is 90.2 cm³/mol. The first-order valence-corrected chi connectivity index (χ1v) is 9.58. The van der Waals surface area contributed by atoms with E-state index in [1.54, 1.807) is 13.8 Å². The molecule has 24 heavy (non-hydrogen) atoms. The smallest absolute Gasteiger partial charge is 0.335 e. The van der Waals surface area contributed by atoms with Crippen molar-refractivity contribution in [1.29, 1.82) is 0 Å². The third kappa shape index (κ3) is 5.38. The molecule has 2 N–H and O–H groups in total. The number of carbonyl (C=O) groups is 1. The van der Waals surface area contributed by atoms with Gasteiger partial charge in [-0.1, -0.05) is 0 Å². The Morgan fingerprint density at radius 2 is 2.17 bits per heavy atom. The Morgan fingerprint density at radius 1 is 1.42 bits per heavy atom. The normalized spacial score (nSPS) is 18.4. The van der Waals surface area contributed by atoms with Gasteiger partial charge in [-0.3, -0.25) is 4.72 Å². The monoisotopic (exact) mass is 357 g/mol. The summed E-state index contributed by atoms with van der Waals surface area (Å²) in [6, 6.07) is 4.10. The van der Waals surface area contributed by atoms with Crippen molar-refractivity contribution >= 4 is 21.7 Å². The molecular weight excluding hydrogens is 334 g/mol. The van der Waals surface area contributed by atoms with Gasteiger partial charge in [0.1, 0.15) is 5.75 Å². The van der Waals surface area contributed by atoms with Crippen molar-refractivity contribution in [3.05, 3.63) is 23.8 Å². The van der Waals surface area contributed by atoms with Crippen molar-refractivity contribution < 1.29 is 27.8 Å². The Hall–Kier alpha value is -1.80. The van der Waals surface area contributed by atoms with Gasteiger partial charge >= 0.3 is 5.97 Å². The number of aromatic carboxylic acids is 1. The summed E-state index contributed by atoms with van der Waals surface area (Å²) in [6.07, 6.45) is 2.07. The molecule has 1 unspecified atom stereocenters. The lowest BCUT2D eigenvalue weighted by Gasteiger charge is -2.23. The molecule has 0 spiro atoms. The fraction of sp³-hybridized carbons (Fsp3) is 0.562. The summed E-state index contributed by atoms with van der Waals surface area (Å²) in [6.45, 7) is 4.18. The second-order valence-corrected chi connectivity index (χ2v) is 7.82. The molecule has 134 valence electrons. The molecule has 0 aromatic heterocycles. The lowest BCUT2D eigenvalue weighted by molar-refractivity contribution is 0.0306. The quantitative estimate of drug-likeness (QED) is 0.777. The Morgan fingerprint density at radius 3 is 2.75 bits per heavy atom. The zero-order valence-corrected chi connectivity index (χ0v) is 14.6. The Labute approximate surface area is 142 Å². The highest BCUT2D eigenvalue weighted by molar-refractivity contribution is 7.92. The molecule has 1 aliphatic rings. The Bertz CT molecular complexity index is 680. The summed E-state index contributed by atoms with van der Waals surface area (Å²) in [7, 11) is -3.68. The number of anilines is 1. The molecule has 0 aliphatic carbocycles. The number of nitrogens with one attached hydrogen (secondary N) is 1. The van der Waals surface area contributed by atoms with Crippen LogP contribution in [0.1, 0.15) is 43.5 Å². The van der Waals surface area contributed by atoms with Gasteiger partial charge in [0.05, 0.1) is 29.2 Å². The van der Waals surface area contributed by atoms with Gasteiger partial charge in [0, 0.05) is 6.61 Å². The highest BCUT2D eigenvalue weighted by atomic mass is 32.2. The first-order chi connectivity index (χ1) is 11.3. The van der Waals surface area contributed by atoms with Crippen LogP contribution in [0.3, 0.4) is 0 Å².